The second kappa shape index (κ2) is 6.39. The van der Waals surface area contributed by atoms with E-state index in [0.717, 1.165) is 11.1 Å². The Morgan fingerprint density at radius 2 is 1.68 bits per heavy atom. The zero-order chi connectivity index (χ0) is 13.7. The minimum Gasteiger partial charge on any atom is -0.294 e. The normalized spacial score (nSPS) is 10.2. The first kappa shape index (κ1) is 13.6. The van der Waals surface area contributed by atoms with Crippen LogP contribution in [0.2, 0.25) is 0 Å². The Labute approximate surface area is 118 Å². The Morgan fingerprint density at radius 3 is 2.26 bits per heavy atom. The molecule has 0 bridgehead atoms. The summed E-state index contributed by atoms with van der Waals surface area (Å²) in [6, 6.07) is 17.7. The Balaban J connectivity index is 2.06. The van der Waals surface area contributed by atoms with Crippen LogP contribution in [0.25, 0.3) is 5.57 Å². The van der Waals surface area contributed by atoms with Crippen molar-refractivity contribution in [3.05, 3.63) is 72.3 Å². The molecule has 2 heteroatoms. The van der Waals surface area contributed by atoms with E-state index in [-0.39, 0.29) is 5.78 Å². The minimum absolute atomic E-state index is 0.0723. The van der Waals surface area contributed by atoms with Gasteiger partial charge in [0, 0.05) is 16.9 Å². The van der Waals surface area contributed by atoms with Crippen molar-refractivity contribution in [1.29, 1.82) is 0 Å². The van der Waals surface area contributed by atoms with Gasteiger partial charge in [-0.25, -0.2) is 0 Å². The van der Waals surface area contributed by atoms with Crippen LogP contribution < -0.4 is 0 Å². The van der Waals surface area contributed by atoms with Crippen LogP contribution in [0.4, 0.5) is 0 Å². The van der Waals surface area contributed by atoms with Gasteiger partial charge in [-0.3, -0.25) is 4.79 Å². The smallest absolute Gasteiger partial charge is 0.167 e. The predicted octanol–water partition coefficient (Wildman–Crippen LogP) is 4.23. The highest BCUT2D eigenvalue weighted by molar-refractivity contribution is 7.98. The SMILES string of the molecule is C=C(C(=O)Cc1ccc(SC)cc1)c1ccccc1. The number of thioether (sulfide) groups is 1. The maximum Gasteiger partial charge on any atom is 0.167 e. The molecule has 0 amide bonds. The van der Waals surface area contributed by atoms with Crippen LogP contribution in [0.1, 0.15) is 11.1 Å². The van der Waals surface area contributed by atoms with E-state index in [1.807, 2.05) is 60.9 Å². The number of rotatable bonds is 5. The Morgan fingerprint density at radius 1 is 1.05 bits per heavy atom. The van der Waals surface area contributed by atoms with E-state index < -0.39 is 0 Å². The molecule has 1 nitrogen and oxygen atoms in total. The summed E-state index contributed by atoms with van der Waals surface area (Å²) in [4.78, 5) is 13.4. The van der Waals surface area contributed by atoms with Crippen LogP contribution in [0.5, 0.6) is 0 Å². The summed E-state index contributed by atoms with van der Waals surface area (Å²) in [6.45, 7) is 3.90. The number of hydrogen-bond acceptors (Lipinski definition) is 2. The Kier molecular flexibility index (Phi) is 4.58. The van der Waals surface area contributed by atoms with Gasteiger partial charge in [0.25, 0.3) is 0 Å². The van der Waals surface area contributed by atoms with Crippen molar-refractivity contribution in [2.24, 2.45) is 0 Å². The number of hydrogen-bond donors (Lipinski definition) is 0. The molecular formula is C17H16OS. The molecule has 2 aromatic carbocycles. The molecule has 0 spiro atoms. The molecular weight excluding hydrogens is 252 g/mol. The average Bonchev–Trinajstić information content (AvgIpc) is 2.48. The lowest BCUT2D eigenvalue weighted by molar-refractivity contribution is -0.113. The number of carbonyl (C=O) groups excluding carboxylic acids is 1. The molecule has 2 aromatic rings. The van der Waals surface area contributed by atoms with E-state index in [9.17, 15) is 4.79 Å². The highest BCUT2D eigenvalue weighted by Gasteiger charge is 2.10. The molecule has 0 aliphatic heterocycles. The van der Waals surface area contributed by atoms with E-state index in [1.165, 1.54) is 4.90 Å². The number of carbonyl (C=O) groups is 1. The van der Waals surface area contributed by atoms with Crippen molar-refractivity contribution in [3.63, 3.8) is 0 Å². The van der Waals surface area contributed by atoms with Gasteiger partial charge in [0.2, 0.25) is 0 Å². The lowest BCUT2D eigenvalue weighted by atomic mass is 9.98. The molecule has 2 rings (SSSR count). The van der Waals surface area contributed by atoms with Gasteiger partial charge in [0.1, 0.15) is 0 Å². The van der Waals surface area contributed by atoms with Crippen LogP contribution in [0.15, 0.2) is 66.1 Å². The zero-order valence-corrected chi connectivity index (χ0v) is 11.7. The van der Waals surface area contributed by atoms with Crippen molar-refractivity contribution in [2.45, 2.75) is 11.3 Å². The van der Waals surface area contributed by atoms with Crippen molar-refractivity contribution in [2.75, 3.05) is 6.26 Å². The molecule has 0 aliphatic carbocycles. The summed E-state index contributed by atoms with van der Waals surface area (Å²) in [5.74, 6) is 0.0723. The van der Waals surface area contributed by atoms with E-state index >= 15 is 0 Å². The maximum absolute atomic E-state index is 12.2. The first-order valence-electron chi connectivity index (χ1n) is 6.11. The van der Waals surface area contributed by atoms with Gasteiger partial charge in [-0.1, -0.05) is 49.0 Å². The maximum atomic E-state index is 12.2. The summed E-state index contributed by atoms with van der Waals surface area (Å²) >= 11 is 1.70. The highest BCUT2D eigenvalue weighted by atomic mass is 32.2. The summed E-state index contributed by atoms with van der Waals surface area (Å²) in [5.41, 5.74) is 2.50. The lowest BCUT2D eigenvalue weighted by Gasteiger charge is -2.06. The zero-order valence-electron chi connectivity index (χ0n) is 10.9. The molecule has 0 fully saturated rings. The summed E-state index contributed by atoms with van der Waals surface area (Å²) in [5, 5.41) is 0. The Hall–Kier alpha value is -1.80. The molecule has 0 unspecified atom stereocenters. The van der Waals surface area contributed by atoms with Gasteiger partial charge < -0.3 is 0 Å². The topological polar surface area (TPSA) is 17.1 Å². The lowest BCUT2D eigenvalue weighted by Crippen LogP contribution is -2.04. The number of benzene rings is 2. The number of Topliss-reactive ketones (excluding diaryl/α,β-unsaturated/α-hetero) is 1. The molecule has 0 aliphatic rings. The molecule has 0 atom stereocenters. The van der Waals surface area contributed by atoms with Gasteiger partial charge in [-0.05, 0) is 29.5 Å². The van der Waals surface area contributed by atoms with Crippen molar-refractivity contribution >= 4 is 23.1 Å². The van der Waals surface area contributed by atoms with Crippen LogP contribution in [0, 0.1) is 0 Å². The van der Waals surface area contributed by atoms with Gasteiger partial charge in [-0.2, -0.15) is 0 Å². The van der Waals surface area contributed by atoms with E-state index in [0.29, 0.717) is 12.0 Å². The van der Waals surface area contributed by atoms with Crippen molar-refractivity contribution < 1.29 is 4.79 Å². The molecule has 19 heavy (non-hydrogen) atoms. The van der Waals surface area contributed by atoms with Crippen molar-refractivity contribution in [1.82, 2.24) is 0 Å². The van der Waals surface area contributed by atoms with Crippen LogP contribution in [-0.2, 0) is 11.2 Å². The van der Waals surface area contributed by atoms with Gasteiger partial charge in [0.15, 0.2) is 5.78 Å². The third-order valence-corrected chi connectivity index (χ3v) is 3.73. The number of allylic oxidation sites excluding steroid dienone is 1. The van der Waals surface area contributed by atoms with Gasteiger partial charge in [-0.15, -0.1) is 11.8 Å². The fraction of sp³-hybridized carbons (Fsp3) is 0.118. The fourth-order valence-corrected chi connectivity index (χ4v) is 2.24. The largest absolute Gasteiger partial charge is 0.294 e. The monoisotopic (exact) mass is 268 g/mol. The molecule has 0 N–H and O–H groups in total. The third-order valence-electron chi connectivity index (χ3n) is 2.98. The second-order valence-electron chi connectivity index (χ2n) is 4.29. The summed E-state index contributed by atoms with van der Waals surface area (Å²) < 4.78 is 0. The fourth-order valence-electron chi connectivity index (χ4n) is 1.84. The molecule has 0 saturated heterocycles. The molecule has 0 aromatic heterocycles. The van der Waals surface area contributed by atoms with E-state index in [1.54, 1.807) is 11.8 Å². The average molecular weight is 268 g/mol. The highest BCUT2D eigenvalue weighted by Crippen LogP contribution is 2.18. The first-order chi connectivity index (χ1) is 9.20. The molecule has 0 heterocycles. The van der Waals surface area contributed by atoms with Crippen LogP contribution in [-0.4, -0.2) is 12.0 Å². The third kappa shape index (κ3) is 3.58. The first-order valence-corrected chi connectivity index (χ1v) is 7.33. The standard InChI is InChI=1S/C17H16OS/c1-13(15-6-4-3-5-7-15)17(18)12-14-8-10-16(19-2)11-9-14/h3-11H,1,12H2,2H3. The molecule has 0 radical (unpaired) electrons. The van der Waals surface area contributed by atoms with E-state index in [2.05, 4.69) is 6.58 Å². The predicted molar refractivity (Wildman–Crippen MR) is 82.4 cm³/mol. The summed E-state index contributed by atoms with van der Waals surface area (Å²) in [6.07, 6.45) is 2.44. The second-order valence-corrected chi connectivity index (χ2v) is 5.17. The summed E-state index contributed by atoms with van der Waals surface area (Å²) in [7, 11) is 0. The van der Waals surface area contributed by atoms with Gasteiger partial charge in [0.05, 0.1) is 0 Å². The molecule has 0 saturated carbocycles. The quantitative estimate of drug-likeness (QED) is 0.596. The van der Waals surface area contributed by atoms with Crippen molar-refractivity contribution in [3.8, 4) is 0 Å². The Bertz CT molecular complexity index is 570. The molecule has 96 valence electrons. The van der Waals surface area contributed by atoms with Crippen LogP contribution >= 0.6 is 11.8 Å². The minimum atomic E-state index is 0.0723. The van der Waals surface area contributed by atoms with Gasteiger partial charge >= 0.3 is 0 Å². The number of ketones is 1. The van der Waals surface area contributed by atoms with Crippen LogP contribution in [0.3, 0.4) is 0 Å². The van der Waals surface area contributed by atoms with E-state index in [4.69, 9.17) is 0 Å².